The lowest BCUT2D eigenvalue weighted by Crippen LogP contribution is -2.34. The van der Waals surface area contributed by atoms with Gasteiger partial charge in [0.15, 0.2) is 0 Å². The minimum absolute atomic E-state index is 0.596. The van der Waals surface area contributed by atoms with Gasteiger partial charge in [-0.1, -0.05) is 6.92 Å². The van der Waals surface area contributed by atoms with Gasteiger partial charge in [0, 0.05) is 32.1 Å². The molecule has 1 aromatic carbocycles. The van der Waals surface area contributed by atoms with E-state index in [4.69, 9.17) is 9.47 Å². The summed E-state index contributed by atoms with van der Waals surface area (Å²) in [6.07, 6.45) is 2.67. The molecule has 0 bridgehead atoms. The van der Waals surface area contributed by atoms with Gasteiger partial charge in [0.05, 0.1) is 19.3 Å². The van der Waals surface area contributed by atoms with Crippen molar-refractivity contribution >= 4 is 5.82 Å². The molecule has 25 heavy (non-hydrogen) atoms. The number of methoxy groups -OCH3 is 1. The van der Waals surface area contributed by atoms with Crippen LogP contribution in [0.1, 0.15) is 18.2 Å². The van der Waals surface area contributed by atoms with Crippen molar-refractivity contribution in [1.82, 2.24) is 14.9 Å². The van der Waals surface area contributed by atoms with Gasteiger partial charge in [-0.05, 0) is 30.8 Å². The monoisotopic (exact) mass is 342 g/mol. The maximum atomic E-state index is 5.83. The lowest BCUT2D eigenvalue weighted by Gasteiger charge is -2.30. The van der Waals surface area contributed by atoms with Crippen LogP contribution in [0.15, 0.2) is 30.6 Å². The van der Waals surface area contributed by atoms with E-state index in [0.29, 0.717) is 6.61 Å². The standard InChI is InChI=1S/C19H26N4O2/c1-4-23-10-9-18-17(13-23)19(21-14-20-18)22(2)11-12-25-16-7-5-15(24-3)6-8-16/h5-8,14H,4,9-13H2,1-3H3. The average molecular weight is 342 g/mol. The number of benzene rings is 1. The largest absolute Gasteiger partial charge is 0.497 e. The summed E-state index contributed by atoms with van der Waals surface area (Å²) < 4.78 is 11.0. The fourth-order valence-corrected chi connectivity index (χ4v) is 3.06. The molecule has 0 spiro atoms. The molecule has 134 valence electrons. The van der Waals surface area contributed by atoms with Crippen LogP contribution in [0.4, 0.5) is 5.82 Å². The van der Waals surface area contributed by atoms with Crippen LogP contribution in [0.2, 0.25) is 0 Å². The predicted octanol–water partition coefficient (Wildman–Crippen LogP) is 2.38. The normalized spacial score (nSPS) is 14.0. The molecule has 3 rings (SSSR count). The fourth-order valence-electron chi connectivity index (χ4n) is 3.06. The molecule has 0 radical (unpaired) electrons. The van der Waals surface area contributed by atoms with Crippen molar-refractivity contribution in [3.05, 3.63) is 41.9 Å². The first-order chi connectivity index (χ1) is 12.2. The second-order valence-electron chi connectivity index (χ2n) is 6.19. The molecule has 1 aliphatic heterocycles. The molecule has 0 unspecified atom stereocenters. The summed E-state index contributed by atoms with van der Waals surface area (Å²) >= 11 is 0. The Morgan fingerprint density at radius 1 is 1.16 bits per heavy atom. The Balaban J connectivity index is 1.60. The number of rotatable bonds is 7. The number of aromatic nitrogens is 2. The van der Waals surface area contributed by atoms with Crippen LogP contribution in [0.5, 0.6) is 11.5 Å². The van der Waals surface area contributed by atoms with Gasteiger partial charge in [0.2, 0.25) is 0 Å². The molecule has 0 atom stereocenters. The van der Waals surface area contributed by atoms with Crippen molar-refractivity contribution in [3.8, 4) is 11.5 Å². The third-order valence-corrected chi connectivity index (χ3v) is 4.62. The molecule has 6 heteroatoms. The van der Waals surface area contributed by atoms with Gasteiger partial charge in [-0.25, -0.2) is 9.97 Å². The van der Waals surface area contributed by atoms with E-state index < -0.39 is 0 Å². The zero-order chi connectivity index (χ0) is 17.6. The molecular weight excluding hydrogens is 316 g/mol. The molecule has 0 saturated carbocycles. The summed E-state index contributed by atoms with van der Waals surface area (Å²) in [5.74, 6) is 2.69. The highest BCUT2D eigenvalue weighted by Gasteiger charge is 2.21. The van der Waals surface area contributed by atoms with Gasteiger partial charge in [-0.15, -0.1) is 0 Å². The zero-order valence-corrected chi connectivity index (χ0v) is 15.2. The van der Waals surface area contributed by atoms with Gasteiger partial charge in [0.1, 0.15) is 30.3 Å². The zero-order valence-electron chi connectivity index (χ0n) is 15.2. The minimum Gasteiger partial charge on any atom is -0.497 e. The Morgan fingerprint density at radius 2 is 1.92 bits per heavy atom. The predicted molar refractivity (Wildman–Crippen MR) is 98.4 cm³/mol. The average Bonchev–Trinajstić information content (AvgIpc) is 2.67. The smallest absolute Gasteiger partial charge is 0.136 e. The van der Waals surface area contributed by atoms with Gasteiger partial charge < -0.3 is 14.4 Å². The van der Waals surface area contributed by atoms with Crippen LogP contribution < -0.4 is 14.4 Å². The number of hydrogen-bond acceptors (Lipinski definition) is 6. The summed E-state index contributed by atoms with van der Waals surface area (Å²) in [6, 6.07) is 7.65. The van der Waals surface area contributed by atoms with E-state index in [1.54, 1.807) is 13.4 Å². The molecule has 0 N–H and O–H groups in total. The summed E-state index contributed by atoms with van der Waals surface area (Å²) in [6.45, 7) is 6.61. The van der Waals surface area contributed by atoms with E-state index in [0.717, 1.165) is 49.9 Å². The molecule has 0 fully saturated rings. The first-order valence-corrected chi connectivity index (χ1v) is 8.74. The lowest BCUT2D eigenvalue weighted by molar-refractivity contribution is 0.265. The van der Waals surface area contributed by atoms with Crippen LogP contribution >= 0.6 is 0 Å². The number of hydrogen-bond donors (Lipinski definition) is 0. The summed E-state index contributed by atoms with van der Waals surface area (Å²) in [5, 5.41) is 0. The second kappa shape index (κ2) is 8.16. The Bertz CT molecular complexity index is 690. The van der Waals surface area contributed by atoms with E-state index in [9.17, 15) is 0 Å². The molecular formula is C19H26N4O2. The first kappa shape index (κ1) is 17.5. The SMILES string of the molecule is CCN1CCc2ncnc(N(C)CCOc3ccc(OC)cc3)c2C1. The van der Waals surface area contributed by atoms with E-state index in [1.807, 2.05) is 24.3 Å². The first-order valence-electron chi connectivity index (χ1n) is 8.74. The molecule has 2 heterocycles. The highest BCUT2D eigenvalue weighted by Crippen LogP contribution is 2.25. The summed E-state index contributed by atoms with van der Waals surface area (Å²) in [5.41, 5.74) is 2.43. The van der Waals surface area contributed by atoms with Gasteiger partial charge in [-0.2, -0.15) is 0 Å². The van der Waals surface area contributed by atoms with Crippen LogP contribution in [0.3, 0.4) is 0 Å². The summed E-state index contributed by atoms with van der Waals surface area (Å²) in [4.78, 5) is 13.6. The molecule has 1 aliphatic rings. The van der Waals surface area contributed by atoms with Crippen LogP contribution in [-0.4, -0.2) is 55.3 Å². The molecule has 1 aromatic heterocycles. The van der Waals surface area contributed by atoms with E-state index >= 15 is 0 Å². The molecule has 6 nitrogen and oxygen atoms in total. The molecule has 0 amide bonds. The van der Waals surface area contributed by atoms with Crippen LogP contribution in [-0.2, 0) is 13.0 Å². The lowest BCUT2D eigenvalue weighted by atomic mass is 10.1. The van der Waals surface area contributed by atoms with Crippen LogP contribution in [0.25, 0.3) is 0 Å². The number of nitrogens with zero attached hydrogens (tertiary/aromatic N) is 4. The number of fused-ring (bicyclic) bond motifs is 1. The minimum atomic E-state index is 0.596. The Morgan fingerprint density at radius 3 is 2.64 bits per heavy atom. The molecule has 2 aromatic rings. The second-order valence-corrected chi connectivity index (χ2v) is 6.19. The topological polar surface area (TPSA) is 50.7 Å². The van der Waals surface area contributed by atoms with E-state index in [-0.39, 0.29) is 0 Å². The van der Waals surface area contributed by atoms with Crippen molar-refractivity contribution in [2.24, 2.45) is 0 Å². The van der Waals surface area contributed by atoms with Gasteiger partial charge in [0.25, 0.3) is 0 Å². The van der Waals surface area contributed by atoms with Gasteiger partial charge >= 0.3 is 0 Å². The molecule has 0 aliphatic carbocycles. The Hall–Kier alpha value is -2.34. The van der Waals surface area contributed by atoms with Crippen molar-refractivity contribution in [3.63, 3.8) is 0 Å². The molecule has 0 saturated heterocycles. The fraction of sp³-hybridized carbons (Fsp3) is 0.474. The quantitative estimate of drug-likeness (QED) is 0.770. The van der Waals surface area contributed by atoms with Gasteiger partial charge in [-0.3, -0.25) is 4.90 Å². The maximum absolute atomic E-state index is 5.83. The number of likely N-dealkylation sites (N-methyl/N-ethyl adjacent to an activating group) is 2. The maximum Gasteiger partial charge on any atom is 0.136 e. The highest BCUT2D eigenvalue weighted by atomic mass is 16.5. The third kappa shape index (κ3) is 4.20. The Labute approximate surface area is 149 Å². The van der Waals surface area contributed by atoms with Crippen LogP contribution in [0, 0.1) is 0 Å². The van der Waals surface area contributed by atoms with Crippen molar-refractivity contribution < 1.29 is 9.47 Å². The number of ether oxygens (including phenoxy) is 2. The van der Waals surface area contributed by atoms with E-state index in [1.165, 1.54) is 11.3 Å². The van der Waals surface area contributed by atoms with Crippen molar-refractivity contribution in [2.45, 2.75) is 19.9 Å². The number of anilines is 1. The van der Waals surface area contributed by atoms with Crippen molar-refractivity contribution in [1.29, 1.82) is 0 Å². The third-order valence-electron chi connectivity index (χ3n) is 4.62. The summed E-state index contributed by atoms with van der Waals surface area (Å²) in [7, 11) is 3.72. The van der Waals surface area contributed by atoms with E-state index in [2.05, 4.69) is 33.7 Å². The highest BCUT2D eigenvalue weighted by molar-refractivity contribution is 5.48. The van der Waals surface area contributed by atoms with Crippen molar-refractivity contribution in [2.75, 3.05) is 45.3 Å². The Kier molecular flexibility index (Phi) is 5.71.